The van der Waals surface area contributed by atoms with Gasteiger partial charge in [-0.05, 0) is 44.0 Å². The van der Waals surface area contributed by atoms with Crippen molar-refractivity contribution in [2.24, 2.45) is 0 Å². The summed E-state index contributed by atoms with van der Waals surface area (Å²) in [5, 5.41) is 4.22. The van der Waals surface area contributed by atoms with Gasteiger partial charge in [-0.25, -0.2) is 4.98 Å². The number of rotatable bonds is 8. The first-order valence-electron chi connectivity index (χ1n) is 11.3. The molecule has 0 radical (unpaired) electrons. The van der Waals surface area contributed by atoms with Crippen LogP contribution in [0.1, 0.15) is 23.1 Å². The Bertz CT molecular complexity index is 1020. The number of hydrogen-bond acceptors (Lipinski definition) is 6. The Labute approximate surface area is 199 Å². The minimum absolute atomic E-state index is 0.142. The maximum absolute atomic E-state index is 12.1. The van der Waals surface area contributed by atoms with Crippen molar-refractivity contribution < 1.29 is 4.79 Å². The van der Waals surface area contributed by atoms with Gasteiger partial charge in [0.15, 0.2) is 5.13 Å². The Hall–Kier alpha value is -2.09. The van der Waals surface area contributed by atoms with Crippen molar-refractivity contribution in [3.63, 3.8) is 0 Å². The van der Waals surface area contributed by atoms with E-state index in [0.29, 0.717) is 13.0 Å². The third-order valence-electron chi connectivity index (χ3n) is 5.94. The molecule has 1 amide bonds. The zero-order valence-electron chi connectivity index (χ0n) is 19.2. The van der Waals surface area contributed by atoms with Crippen molar-refractivity contribution in [3.05, 3.63) is 53.1 Å². The van der Waals surface area contributed by atoms with Gasteiger partial charge in [-0.15, -0.1) is 11.8 Å². The van der Waals surface area contributed by atoms with Crippen LogP contribution >= 0.6 is 23.1 Å². The number of carbonyl (C=O) groups excluding carboxylic acids is 1. The number of benzene rings is 2. The van der Waals surface area contributed by atoms with Crippen LogP contribution in [0.2, 0.25) is 0 Å². The highest BCUT2D eigenvalue weighted by molar-refractivity contribution is 7.99. The van der Waals surface area contributed by atoms with Crippen LogP contribution < -0.4 is 10.2 Å². The topological polar surface area (TPSA) is 48.5 Å². The predicted molar refractivity (Wildman–Crippen MR) is 137 cm³/mol. The fourth-order valence-electron chi connectivity index (χ4n) is 3.88. The fourth-order valence-corrected chi connectivity index (χ4v) is 5.90. The molecule has 0 aliphatic carbocycles. The quantitative estimate of drug-likeness (QED) is 0.488. The third kappa shape index (κ3) is 5.82. The van der Waals surface area contributed by atoms with Crippen molar-refractivity contribution in [2.45, 2.75) is 32.1 Å². The highest BCUT2D eigenvalue weighted by Crippen LogP contribution is 2.33. The highest BCUT2D eigenvalue weighted by atomic mass is 32.2. The molecule has 4 rings (SSSR count). The minimum atomic E-state index is 0.142. The number of carbonyl (C=O) groups is 1. The minimum Gasteiger partial charge on any atom is -0.355 e. The van der Waals surface area contributed by atoms with E-state index in [0.717, 1.165) is 49.1 Å². The zero-order valence-corrected chi connectivity index (χ0v) is 20.8. The Morgan fingerprint density at radius 1 is 1.03 bits per heavy atom. The number of nitrogens with one attached hydrogen (secondary N) is 1. The Balaban J connectivity index is 1.15. The van der Waals surface area contributed by atoms with Crippen molar-refractivity contribution in [1.82, 2.24) is 15.2 Å². The molecule has 0 unspecified atom stereocenters. The first-order chi connectivity index (χ1) is 15.5. The van der Waals surface area contributed by atoms with Gasteiger partial charge >= 0.3 is 0 Å². The number of hydrogen-bond donors (Lipinski definition) is 1. The molecule has 0 saturated carbocycles. The summed E-state index contributed by atoms with van der Waals surface area (Å²) in [6.45, 7) is 12.0. The summed E-state index contributed by atoms with van der Waals surface area (Å²) >= 11 is 3.55. The number of aryl methyl sites for hydroxylation is 3. The summed E-state index contributed by atoms with van der Waals surface area (Å²) in [7, 11) is 0. The maximum atomic E-state index is 12.1. The van der Waals surface area contributed by atoms with Gasteiger partial charge in [0, 0.05) is 56.3 Å². The summed E-state index contributed by atoms with van der Waals surface area (Å²) in [5.41, 5.74) is 4.97. The van der Waals surface area contributed by atoms with Gasteiger partial charge < -0.3 is 10.2 Å². The van der Waals surface area contributed by atoms with Crippen molar-refractivity contribution in [2.75, 3.05) is 49.9 Å². The lowest BCUT2D eigenvalue weighted by Gasteiger charge is -2.34. The van der Waals surface area contributed by atoms with E-state index in [4.69, 9.17) is 4.98 Å². The van der Waals surface area contributed by atoms with Gasteiger partial charge in [0.25, 0.3) is 0 Å². The molecule has 1 aliphatic heterocycles. The van der Waals surface area contributed by atoms with E-state index in [1.54, 1.807) is 11.8 Å². The van der Waals surface area contributed by atoms with E-state index in [1.165, 1.54) is 26.3 Å². The first-order valence-corrected chi connectivity index (χ1v) is 13.1. The van der Waals surface area contributed by atoms with Gasteiger partial charge in [0.2, 0.25) is 5.91 Å². The molecule has 1 N–H and O–H groups in total. The molecule has 7 heteroatoms. The molecular formula is C25H32N4OS2. The van der Waals surface area contributed by atoms with Gasteiger partial charge in [-0.1, -0.05) is 41.2 Å². The molecule has 1 fully saturated rings. The molecule has 0 bridgehead atoms. The van der Waals surface area contributed by atoms with Crippen LogP contribution in [0, 0.1) is 20.8 Å². The molecular weight excluding hydrogens is 436 g/mol. The van der Waals surface area contributed by atoms with Gasteiger partial charge in [0.05, 0.1) is 10.2 Å². The standard InChI is InChI=1S/C25H32N4OS2/c1-18-4-8-21(9-5-18)31-17-10-22(30)26-11-12-28-13-15-29(16-14-28)25-27-23-19(2)6-7-20(3)24(23)32-25/h4-9H,10-17H2,1-3H3,(H,26,30). The van der Waals surface area contributed by atoms with E-state index in [1.807, 2.05) is 11.3 Å². The lowest BCUT2D eigenvalue weighted by atomic mass is 10.1. The molecule has 0 spiro atoms. The van der Waals surface area contributed by atoms with Crippen LogP contribution in [0.3, 0.4) is 0 Å². The van der Waals surface area contributed by atoms with Crippen LogP contribution in [0.15, 0.2) is 41.3 Å². The van der Waals surface area contributed by atoms with Crippen molar-refractivity contribution >= 4 is 44.4 Å². The molecule has 1 aromatic heterocycles. The molecule has 1 aliphatic rings. The van der Waals surface area contributed by atoms with Crippen molar-refractivity contribution in [1.29, 1.82) is 0 Å². The number of aromatic nitrogens is 1. The number of fused-ring (bicyclic) bond motifs is 1. The maximum Gasteiger partial charge on any atom is 0.220 e. The molecule has 1 saturated heterocycles. The fraction of sp³-hybridized carbons (Fsp3) is 0.440. The number of nitrogens with zero attached hydrogens (tertiary/aromatic N) is 3. The number of piperazine rings is 1. The van der Waals surface area contributed by atoms with Gasteiger partial charge in [-0.2, -0.15) is 0 Å². The largest absolute Gasteiger partial charge is 0.355 e. The van der Waals surface area contributed by atoms with Crippen LogP contribution in [0.5, 0.6) is 0 Å². The first kappa shape index (κ1) is 23.1. The average molecular weight is 469 g/mol. The van der Waals surface area contributed by atoms with Crippen LogP contribution in [-0.2, 0) is 4.79 Å². The average Bonchev–Trinajstić information content (AvgIpc) is 3.25. The number of amides is 1. The molecule has 2 aromatic carbocycles. The summed E-state index contributed by atoms with van der Waals surface area (Å²) in [6, 6.07) is 12.8. The molecule has 0 atom stereocenters. The van der Waals surface area contributed by atoms with E-state index in [9.17, 15) is 4.79 Å². The second-order valence-electron chi connectivity index (χ2n) is 8.46. The Morgan fingerprint density at radius 3 is 2.47 bits per heavy atom. The summed E-state index contributed by atoms with van der Waals surface area (Å²) in [6.07, 6.45) is 0.558. The van der Waals surface area contributed by atoms with Crippen LogP contribution in [0.4, 0.5) is 5.13 Å². The second kappa shape index (κ2) is 10.7. The molecule has 3 aromatic rings. The third-order valence-corrected chi connectivity index (χ3v) is 8.21. The monoisotopic (exact) mass is 468 g/mol. The predicted octanol–water partition coefficient (Wildman–Crippen LogP) is 4.64. The van der Waals surface area contributed by atoms with E-state index in [-0.39, 0.29) is 5.91 Å². The van der Waals surface area contributed by atoms with Crippen molar-refractivity contribution in [3.8, 4) is 0 Å². The summed E-state index contributed by atoms with van der Waals surface area (Å²) in [4.78, 5) is 23.1. The molecule has 5 nitrogen and oxygen atoms in total. The van der Waals surface area contributed by atoms with Crippen LogP contribution in [0.25, 0.3) is 10.2 Å². The molecule has 32 heavy (non-hydrogen) atoms. The SMILES string of the molecule is Cc1ccc(SCCC(=O)NCCN2CCN(c3nc4c(C)ccc(C)c4s3)CC2)cc1. The van der Waals surface area contributed by atoms with Gasteiger partial charge in [0.1, 0.15) is 0 Å². The highest BCUT2D eigenvalue weighted by Gasteiger charge is 2.20. The number of thiazole rings is 1. The molecule has 170 valence electrons. The summed E-state index contributed by atoms with van der Waals surface area (Å²) in [5.74, 6) is 0.956. The zero-order chi connectivity index (χ0) is 22.5. The lowest BCUT2D eigenvalue weighted by molar-refractivity contribution is -0.120. The number of anilines is 1. The van der Waals surface area contributed by atoms with E-state index < -0.39 is 0 Å². The second-order valence-corrected chi connectivity index (χ2v) is 10.6. The molecule has 2 heterocycles. The Kier molecular flexibility index (Phi) is 7.71. The lowest BCUT2D eigenvalue weighted by Crippen LogP contribution is -2.48. The van der Waals surface area contributed by atoms with Gasteiger partial charge in [-0.3, -0.25) is 9.69 Å². The van der Waals surface area contributed by atoms with Crippen LogP contribution in [-0.4, -0.2) is 60.8 Å². The normalized spacial score (nSPS) is 14.8. The summed E-state index contributed by atoms with van der Waals surface area (Å²) < 4.78 is 1.31. The number of thioether (sulfide) groups is 1. The Morgan fingerprint density at radius 2 is 1.75 bits per heavy atom. The van der Waals surface area contributed by atoms with E-state index >= 15 is 0 Å². The van der Waals surface area contributed by atoms with E-state index in [2.05, 4.69) is 72.3 Å². The smallest absolute Gasteiger partial charge is 0.220 e.